The molecule has 0 aromatic heterocycles. The molecule has 2 saturated carbocycles. The van der Waals surface area contributed by atoms with Gasteiger partial charge in [0.2, 0.25) is 0 Å². The molecule has 2 fully saturated rings. The maximum absolute atomic E-state index is 14.3. The Bertz CT molecular complexity index is 316. The minimum absolute atomic E-state index is 0.0764. The van der Waals surface area contributed by atoms with Gasteiger partial charge in [-0.1, -0.05) is 6.92 Å². The maximum atomic E-state index is 14.3. The third-order valence-corrected chi connectivity index (χ3v) is 5.05. The van der Waals surface area contributed by atoms with E-state index in [0.29, 0.717) is 32.3 Å². The molecule has 0 saturated heterocycles. The van der Waals surface area contributed by atoms with E-state index in [1.165, 1.54) is 7.11 Å². The van der Waals surface area contributed by atoms with Crippen molar-refractivity contribution in [3.63, 3.8) is 0 Å². The molecule has 0 aromatic rings. The second-order valence-corrected chi connectivity index (χ2v) is 6.40. The predicted octanol–water partition coefficient (Wildman–Crippen LogP) is 4.02. The predicted molar refractivity (Wildman–Crippen MR) is 75.6 cm³/mol. The Balaban J connectivity index is 1.89. The van der Waals surface area contributed by atoms with Crippen LogP contribution in [0.1, 0.15) is 45.4 Å². The number of alkyl halides is 3. The number of ether oxygens (including phenoxy) is 2. The van der Waals surface area contributed by atoms with Gasteiger partial charge in [0.1, 0.15) is 12.3 Å². The van der Waals surface area contributed by atoms with Crippen LogP contribution in [0, 0.1) is 11.8 Å². The summed E-state index contributed by atoms with van der Waals surface area (Å²) in [5.74, 6) is -0.454. The van der Waals surface area contributed by atoms with Crippen LogP contribution in [0.3, 0.4) is 0 Å². The second-order valence-electron chi connectivity index (χ2n) is 6.40. The molecule has 0 radical (unpaired) electrons. The van der Waals surface area contributed by atoms with E-state index in [-0.39, 0.29) is 17.9 Å². The van der Waals surface area contributed by atoms with Crippen molar-refractivity contribution >= 4 is 0 Å². The summed E-state index contributed by atoms with van der Waals surface area (Å²) in [4.78, 5) is 0. The quantitative estimate of drug-likeness (QED) is 0.763. The highest BCUT2D eigenvalue weighted by molar-refractivity contribution is 4.94. The van der Waals surface area contributed by atoms with Gasteiger partial charge in [-0.05, 0) is 50.4 Å². The van der Waals surface area contributed by atoms with Crippen LogP contribution < -0.4 is 0 Å². The summed E-state index contributed by atoms with van der Waals surface area (Å²) in [6.45, 7) is 2.55. The fraction of sp³-hybridized carbons (Fsp3) is 1.00. The number of halogens is 3. The molecule has 124 valence electrons. The summed E-state index contributed by atoms with van der Waals surface area (Å²) in [6, 6.07) is 0. The van der Waals surface area contributed by atoms with Crippen molar-refractivity contribution < 1.29 is 22.6 Å². The lowest BCUT2D eigenvalue weighted by molar-refractivity contribution is -0.0890. The van der Waals surface area contributed by atoms with Crippen molar-refractivity contribution in [1.29, 1.82) is 0 Å². The number of methoxy groups -OCH3 is 1. The van der Waals surface area contributed by atoms with E-state index in [0.717, 1.165) is 12.8 Å². The molecule has 0 heterocycles. The summed E-state index contributed by atoms with van der Waals surface area (Å²) >= 11 is 0. The standard InChI is InChI=1S/C16H27F3O2/c1-3-8-21-13-6-4-10(9-12(13)17)11-5-7-14(20-2)16(19)15(11)18/h10-16H,3-9H2,1-2H3. The first-order chi connectivity index (χ1) is 10.1. The average Bonchev–Trinajstić information content (AvgIpc) is 2.49. The molecule has 2 aliphatic carbocycles. The molecule has 2 rings (SSSR count). The Morgan fingerprint density at radius 1 is 0.952 bits per heavy atom. The fourth-order valence-electron chi connectivity index (χ4n) is 3.82. The van der Waals surface area contributed by atoms with Gasteiger partial charge in [0.25, 0.3) is 0 Å². The first-order valence-electron chi connectivity index (χ1n) is 8.15. The third kappa shape index (κ3) is 3.92. The van der Waals surface area contributed by atoms with Gasteiger partial charge in [0.15, 0.2) is 6.17 Å². The molecule has 0 bridgehead atoms. The molecule has 7 unspecified atom stereocenters. The monoisotopic (exact) mass is 308 g/mol. The lowest BCUT2D eigenvalue weighted by Crippen LogP contribution is -2.47. The lowest BCUT2D eigenvalue weighted by atomic mass is 9.70. The molecule has 0 amide bonds. The molecule has 2 aliphatic rings. The summed E-state index contributed by atoms with van der Waals surface area (Å²) in [5, 5.41) is 0. The number of hydrogen-bond acceptors (Lipinski definition) is 2. The summed E-state index contributed by atoms with van der Waals surface area (Å²) < 4.78 is 52.9. The first-order valence-corrected chi connectivity index (χ1v) is 8.15. The summed E-state index contributed by atoms with van der Waals surface area (Å²) in [5.41, 5.74) is 0. The van der Waals surface area contributed by atoms with Gasteiger partial charge >= 0.3 is 0 Å². The van der Waals surface area contributed by atoms with Crippen molar-refractivity contribution in [3.05, 3.63) is 0 Å². The first kappa shape index (κ1) is 17.1. The molecule has 2 nitrogen and oxygen atoms in total. The van der Waals surface area contributed by atoms with Gasteiger partial charge in [0.05, 0.1) is 12.2 Å². The van der Waals surface area contributed by atoms with Crippen LogP contribution in [0.2, 0.25) is 0 Å². The van der Waals surface area contributed by atoms with Gasteiger partial charge in [-0.15, -0.1) is 0 Å². The zero-order valence-electron chi connectivity index (χ0n) is 12.9. The van der Waals surface area contributed by atoms with E-state index in [1.54, 1.807) is 0 Å². The second kappa shape index (κ2) is 7.82. The molecule has 5 heteroatoms. The van der Waals surface area contributed by atoms with Crippen LogP contribution in [-0.2, 0) is 9.47 Å². The zero-order chi connectivity index (χ0) is 15.4. The van der Waals surface area contributed by atoms with Gasteiger partial charge in [-0.25, -0.2) is 13.2 Å². The number of rotatable bonds is 5. The summed E-state index contributed by atoms with van der Waals surface area (Å²) in [6.07, 6.45) is -1.59. The van der Waals surface area contributed by atoms with Crippen molar-refractivity contribution in [2.45, 2.75) is 76.2 Å². The average molecular weight is 308 g/mol. The molecule has 0 aliphatic heterocycles. The van der Waals surface area contributed by atoms with E-state index in [9.17, 15) is 13.2 Å². The van der Waals surface area contributed by atoms with E-state index in [2.05, 4.69) is 0 Å². The van der Waals surface area contributed by atoms with E-state index < -0.39 is 24.6 Å². The Morgan fingerprint density at radius 2 is 1.67 bits per heavy atom. The van der Waals surface area contributed by atoms with Crippen LogP contribution >= 0.6 is 0 Å². The van der Waals surface area contributed by atoms with Gasteiger partial charge in [0, 0.05) is 13.7 Å². The Hall–Kier alpha value is -0.290. The smallest absolute Gasteiger partial charge is 0.157 e. The van der Waals surface area contributed by atoms with Crippen LogP contribution in [0.15, 0.2) is 0 Å². The lowest BCUT2D eigenvalue weighted by Gasteiger charge is -2.41. The summed E-state index contributed by atoms with van der Waals surface area (Å²) in [7, 11) is 1.41. The molecule has 0 aromatic carbocycles. The van der Waals surface area contributed by atoms with Crippen molar-refractivity contribution in [2.24, 2.45) is 11.8 Å². The molecular weight excluding hydrogens is 281 g/mol. The van der Waals surface area contributed by atoms with Gasteiger partial charge < -0.3 is 9.47 Å². The van der Waals surface area contributed by atoms with E-state index in [4.69, 9.17) is 9.47 Å². The largest absolute Gasteiger partial charge is 0.378 e. The highest BCUT2D eigenvalue weighted by Crippen LogP contribution is 2.42. The normalized spacial score (nSPS) is 44.7. The van der Waals surface area contributed by atoms with Crippen molar-refractivity contribution in [1.82, 2.24) is 0 Å². The van der Waals surface area contributed by atoms with Gasteiger partial charge in [-0.3, -0.25) is 0 Å². The van der Waals surface area contributed by atoms with Crippen molar-refractivity contribution in [3.8, 4) is 0 Å². The van der Waals surface area contributed by atoms with Gasteiger partial charge in [-0.2, -0.15) is 0 Å². The fourth-order valence-corrected chi connectivity index (χ4v) is 3.82. The molecule has 7 atom stereocenters. The number of hydrogen-bond donors (Lipinski definition) is 0. The molecule has 0 spiro atoms. The third-order valence-electron chi connectivity index (χ3n) is 5.05. The van der Waals surface area contributed by atoms with Crippen molar-refractivity contribution in [2.75, 3.05) is 13.7 Å². The Kier molecular flexibility index (Phi) is 6.35. The highest BCUT2D eigenvalue weighted by Gasteiger charge is 2.45. The van der Waals surface area contributed by atoms with Crippen LogP contribution in [0.5, 0.6) is 0 Å². The topological polar surface area (TPSA) is 18.5 Å². The minimum atomic E-state index is -1.58. The maximum Gasteiger partial charge on any atom is 0.157 e. The van der Waals surface area contributed by atoms with E-state index in [1.807, 2.05) is 6.92 Å². The van der Waals surface area contributed by atoms with Crippen LogP contribution in [0.4, 0.5) is 13.2 Å². The SMILES string of the molecule is CCCOC1CCC(C2CCC(OC)C(F)C2F)CC1F. The van der Waals surface area contributed by atoms with Crippen LogP contribution in [-0.4, -0.2) is 44.4 Å². The molecular formula is C16H27F3O2. The molecule has 0 N–H and O–H groups in total. The zero-order valence-corrected chi connectivity index (χ0v) is 12.9. The highest BCUT2D eigenvalue weighted by atomic mass is 19.2. The van der Waals surface area contributed by atoms with E-state index >= 15 is 0 Å². The Morgan fingerprint density at radius 3 is 2.29 bits per heavy atom. The Labute approximate surface area is 125 Å². The minimum Gasteiger partial charge on any atom is -0.378 e. The van der Waals surface area contributed by atoms with Crippen LogP contribution in [0.25, 0.3) is 0 Å². The molecule has 21 heavy (non-hydrogen) atoms.